The monoisotopic (exact) mass is 415 g/mol. The highest BCUT2D eigenvalue weighted by atomic mass is 32.1. The van der Waals surface area contributed by atoms with E-state index in [1.165, 1.54) is 38.5 Å². The average Bonchev–Trinajstić information content (AvgIpc) is 3.21. The van der Waals surface area contributed by atoms with Crippen LogP contribution in [0.3, 0.4) is 0 Å². The first-order chi connectivity index (χ1) is 14.0. The normalized spacial score (nSPS) is 35.4. The van der Waals surface area contributed by atoms with Crippen molar-refractivity contribution in [2.75, 3.05) is 13.1 Å². The minimum absolute atomic E-state index is 0.0253. The third kappa shape index (κ3) is 3.98. The van der Waals surface area contributed by atoms with E-state index in [2.05, 4.69) is 22.5 Å². The van der Waals surface area contributed by atoms with Gasteiger partial charge in [0.15, 0.2) is 0 Å². The summed E-state index contributed by atoms with van der Waals surface area (Å²) >= 11 is 1.55. The smallest absolute Gasteiger partial charge is 0.252 e. The van der Waals surface area contributed by atoms with Gasteiger partial charge in [-0.25, -0.2) is 0 Å². The lowest BCUT2D eigenvalue weighted by molar-refractivity contribution is -0.132. The molecule has 5 aliphatic rings. The molecule has 5 fully saturated rings. The van der Waals surface area contributed by atoms with Crippen LogP contribution in [-0.2, 0) is 4.79 Å². The molecule has 29 heavy (non-hydrogen) atoms. The van der Waals surface area contributed by atoms with Gasteiger partial charge in [0.1, 0.15) is 0 Å². The van der Waals surface area contributed by atoms with E-state index < -0.39 is 0 Å². The predicted octanol–water partition coefficient (Wildman–Crippen LogP) is 3.42. The van der Waals surface area contributed by atoms with Gasteiger partial charge in [-0.3, -0.25) is 14.5 Å². The molecule has 6 rings (SSSR count). The topological polar surface area (TPSA) is 61.4 Å². The zero-order valence-electron chi connectivity index (χ0n) is 17.4. The van der Waals surface area contributed by atoms with Gasteiger partial charge >= 0.3 is 0 Å². The number of carbonyl (C=O) groups is 2. The van der Waals surface area contributed by atoms with Crippen LogP contribution >= 0.6 is 11.3 Å². The van der Waals surface area contributed by atoms with Crippen molar-refractivity contribution in [3.05, 3.63) is 22.4 Å². The summed E-state index contributed by atoms with van der Waals surface area (Å²) in [5.41, 5.74) is 0.841. The maximum absolute atomic E-state index is 13.1. The summed E-state index contributed by atoms with van der Waals surface area (Å²) in [6, 6.07) is 1.99. The fraction of sp³-hybridized carbons (Fsp3) is 0.739. The Bertz CT molecular complexity index is 719. The molecule has 1 saturated heterocycles. The van der Waals surface area contributed by atoms with Crippen LogP contribution in [0.25, 0.3) is 0 Å². The second-order valence-electron chi connectivity index (χ2n) is 10.2. The molecule has 2 amide bonds. The van der Waals surface area contributed by atoms with Crippen molar-refractivity contribution in [2.24, 2.45) is 17.8 Å². The minimum atomic E-state index is -0.0865. The van der Waals surface area contributed by atoms with Gasteiger partial charge in [-0.2, -0.15) is 11.3 Å². The van der Waals surface area contributed by atoms with Crippen LogP contribution in [0.15, 0.2) is 16.8 Å². The second kappa shape index (κ2) is 7.69. The van der Waals surface area contributed by atoms with E-state index in [0.29, 0.717) is 0 Å². The number of amides is 2. The van der Waals surface area contributed by atoms with Gasteiger partial charge in [-0.15, -0.1) is 0 Å². The van der Waals surface area contributed by atoms with Crippen molar-refractivity contribution >= 4 is 23.2 Å². The number of nitrogens with zero attached hydrogens (tertiary/aromatic N) is 1. The van der Waals surface area contributed by atoms with Gasteiger partial charge in [-0.05, 0) is 87.5 Å². The molecule has 5 nitrogen and oxygen atoms in total. The molecule has 0 aromatic carbocycles. The number of piperidine rings is 1. The lowest BCUT2D eigenvalue weighted by atomic mass is 9.53. The molecule has 1 aliphatic heterocycles. The molecule has 4 bridgehead atoms. The molecule has 0 radical (unpaired) electrons. The first kappa shape index (κ1) is 19.6. The largest absolute Gasteiger partial charge is 0.349 e. The highest BCUT2D eigenvalue weighted by Gasteiger charge is 2.51. The van der Waals surface area contributed by atoms with Crippen LogP contribution in [0.1, 0.15) is 68.6 Å². The molecule has 1 atom stereocenters. The van der Waals surface area contributed by atoms with Gasteiger partial charge < -0.3 is 10.6 Å². The van der Waals surface area contributed by atoms with Crippen LogP contribution in [0.4, 0.5) is 0 Å². The number of likely N-dealkylation sites (tertiary alicyclic amines) is 1. The van der Waals surface area contributed by atoms with Crippen LogP contribution in [0.2, 0.25) is 0 Å². The van der Waals surface area contributed by atoms with Gasteiger partial charge in [0, 0.05) is 35.6 Å². The number of rotatable bonds is 5. The fourth-order valence-corrected chi connectivity index (χ4v) is 7.52. The summed E-state index contributed by atoms with van der Waals surface area (Å²) in [7, 11) is 0. The van der Waals surface area contributed by atoms with Crippen LogP contribution in [0.5, 0.6) is 0 Å². The molecule has 1 aromatic heterocycles. The molecule has 6 heteroatoms. The van der Waals surface area contributed by atoms with Crippen LogP contribution < -0.4 is 10.6 Å². The first-order valence-electron chi connectivity index (χ1n) is 11.4. The lowest BCUT2D eigenvalue weighted by Gasteiger charge is -2.57. The molecule has 158 valence electrons. The third-order valence-corrected chi connectivity index (χ3v) is 8.69. The lowest BCUT2D eigenvalue weighted by Crippen LogP contribution is -2.62. The van der Waals surface area contributed by atoms with Crippen LogP contribution in [0, 0.1) is 17.8 Å². The summed E-state index contributed by atoms with van der Waals surface area (Å²) in [6.45, 7) is 3.79. The minimum Gasteiger partial charge on any atom is -0.349 e. The quantitative estimate of drug-likeness (QED) is 0.775. The molecule has 1 aromatic rings. The van der Waals surface area contributed by atoms with Crippen molar-refractivity contribution in [1.29, 1.82) is 0 Å². The number of nitrogens with one attached hydrogen (secondary N) is 2. The fourth-order valence-electron chi connectivity index (χ4n) is 6.89. The van der Waals surface area contributed by atoms with Crippen molar-refractivity contribution in [3.63, 3.8) is 0 Å². The average molecular weight is 416 g/mol. The van der Waals surface area contributed by atoms with E-state index in [1.807, 2.05) is 16.8 Å². The molecule has 4 aliphatic carbocycles. The van der Waals surface area contributed by atoms with E-state index in [0.717, 1.165) is 49.2 Å². The number of hydrogen-bond donors (Lipinski definition) is 2. The Morgan fingerprint density at radius 2 is 1.72 bits per heavy atom. The standard InChI is InChI=1S/C23H33N3O2S/c1-15(21(27)25-23-11-16-8-17(12-23)10-18(9-16)13-23)26-5-2-20(3-6-26)24-22(28)19-4-7-29-14-19/h4,7,14-18,20H,2-3,5-6,8-13H2,1H3,(H,24,28)(H,25,27). The van der Waals surface area contributed by atoms with E-state index in [4.69, 9.17) is 0 Å². The summed E-state index contributed by atoms with van der Waals surface area (Å²) in [4.78, 5) is 27.7. The Labute approximate surface area is 177 Å². The third-order valence-electron chi connectivity index (χ3n) is 8.00. The van der Waals surface area contributed by atoms with E-state index in [-0.39, 0.29) is 29.4 Å². The Morgan fingerprint density at radius 3 is 2.28 bits per heavy atom. The number of thiophene rings is 1. The van der Waals surface area contributed by atoms with Crippen molar-refractivity contribution in [2.45, 2.75) is 75.9 Å². The molecule has 1 unspecified atom stereocenters. The number of hydrogen-bond acceptors (Lipinski definition) is 4. The summed E-state index contributed by atoms with van der Waals surface area (Å²) in [5, 5.41) is 10.5. The Morgan fingerprint density at radius 1 is 1.10 bits per heavy atom. The van der Waals surface area contributed by atoms with Crippen molar-refractivity contribution in [1.82, 2.24) is 15.5 Å². The molecule has 0 spiro atoms. The zero-order chi connectivity index (χ0) is 20.0. The van der Waals surface area contributed by atoms with Crippen LogP contribution in [-0.4, -0.2) is 47.4 Å². The van der Waals surface area contributed by atoms with Gasteiger partial charge in [0.25, 0.3) is 5.91 Å². The predicted molar refractivity (Wildman–Crippen MR) is 115 cm³/mol. The SMILES string of the molecule is CC(C(=O)NC12CC3CC(CC(C3)C1)C2)N1CCC(NC(=O)c2ccsc2)CC1. The van der Waals surface area contributed by atoms with Crippen molar-refractivity contribution < 1.29 is 9.59 Å². The molecule has 2 heterocycles. The van der Waals surface area contributed by atoms with E-state index >= 15 is 0 Å². The summed E-state index contributed by atoms with van der Waals surface area (Å²) in [5.74, 6) is 2.78. The van der Waals surface area contributed by atoms with Gasteiger partial charge in [0.05, 0.1) is 6.04 Å². The molecule has 2 N–H and O–H groups in total. The van der Waals surface area contributed by atoms with Gasteiger partial charge in [-0.1, -0.05) is 0 Å². The summed E-state index contributed by atoms with van der Waals surface area (Å²) < 4.78 is 0. The molecule has 4 saturated carbocycles. The summed E-state index contributed by atoms with van der Waals surface area (Å²) in [6.07, 6.45) is 9.62. The first-order valence-corrected chi connectivity index (χ1v) is 12.3. The maximum Gasteiger partial charge on any atom is 0.252 e. The van der Waals surface area contributed by atoms with E-state index in [1.54, 1.807) is 11.3 Å². The Hall–Kier alpha value is -1.40. The Balaban J connectivity index is 1.12. The number of carbonyl (C=O) groups excluding carboxylic acids is 2. The maximum atomic E-state index is 13.1. The molecular weight excluding hydrogens is 382 g/mol. The highest BCUT2D eigenvalue weighted by molar-refractivity contribution is 7.08. The highest BCUT2D eigenvalue weighted by Crippen LogP contribution is 2.55. The Kier molecular flexibility index (Phi) is 5.19. The zero-order valence-corrected chi connectivity index (χ0v) is 18.2. The van der Waals surface area contributed by atoms with Gasteiger partial charge in [0.2, 0.25) is 5.91 Å². The van der Waals surface area contributed by atoms with Crippen molar-refractivity contribution in [3.8, 4) is 0 Å². The molecular formula is C23H33N3O2S. The second-order valence-corrected chi connectivity index (χ2v) is 10.9. The van der Waals surface area contributed by atoms with E-state index in [9.17, 15) is 9.59 Å².